The molecule has 1 aromatic heterocycles. The molecule has 26 heavy (non-hydrogen) atoms. The summed E-state index contributed by atoms with van der Waals surface area (Å²) in [6.07, 6.45) is 4.90. The van der Waals surface area contributed by atoms with Crippen molar-refractivity contribution in [3.8, 4) is 0 Å². The summed E-state index contributed by atoms with van der Waals surface area (Å²) in [4.78, 5) is 19.1. The van der Waals surface area contributed by atoms with Gasteiger partial charge in [0.05, 0.1) is 12.1 Å². The molecule has 6 nitrogen and oxygen atoms in total. The number of aryl methyl sites for hydroxylation is 1. The minimum Gasteiger partial charge on any atom is -0.482 e. The number of methoxy groups -OCH3 is 1. The molecule has 0 saturated carbocycles. The fourth-order valence-electron chi connectivity index (χ4n) is 2.73. The van der Waals surface area contributed by atoms with Gasteiger partial charge in [-0.05, 0) is 31.4 Å². The molecule has 1 aliphatic heterocycles. The first kappa shape index (κ1) is 20.2. The smallest absolute Gasteiger partial charge is 0.249 e. The Morgan fingerprint density at radius 1 is 1.50 bits per heavy atom. The molecule has 0 aromatic carbocycles. The van der Waals surface area contributed by atoms with Crippen LogP contribution in [0.5, 0.6) is 0 Å². The third-order valence-electron chi connectivity index (χ3n) is 4.34. The monoisotopic (exact) mass is 378 g/mol. The lowest BCUT2D eigenvalue weighted by molar-refractivity contribution is -0.122. The van der Waals surface area contributed by atoms with Gasteiger partial charge < -0.3 is 15.0 Å². The van der Waals surface area contributed by atoms with Gasteiger partial charge in [-0.1, -0.05) is 32.4 Å². The minimum absolute atomic E-state index is 0.184. The van der Waals surface area contributed by atoms with E-state index in [1.54, 1.807) is 12.3 Å². The molecule has 1 fully saturated rings. The average molecular weight is 379 g/mol. The summed E-state index contributed by atoms with van der Waals surface area (Å²) in [6, 6.07) is 1.48. The van der Waals surface area contributed by atoms with Crippen molar-refractivity contribution in [3.63, 3.8) is 0 Å². The second-order valence-electron chi connectivity index (χ2n) is 7.54. The van der Waals surface area contributed by atoms with Crippen LogP contribution in [-0.4, -0.2) is 36.3 Å². The van der Waals surface area contributed by atoms with E-state index in [0.29, 0.717) is 23.0 Å². The van der Waals surface area contributed by atoms with Gasteiger partial charge in [-0.2, -0.15) is 0 Å². The molecule has 0 spiro atoms. The molecule has 1 aromatic rings. The number of anilines is 1. The molecule has 0 radical (unpaired) electrons. The Kier molecular flexibility index (Phi) is 6.29. The first-order chi connectivity index (χ1) is 12.1. The predicted octanol–water partition coefficient (Wildman–Crippen LogP) is 3.68. The quantitative estimate of drug-likeness (QED) is 0.605. The van der Waals surface area contributed by atoms with Crippen LogP contribution in [0, 0.1) is 17.7 Å². The zero-order chi connectivity index (χ0) is 19.5. The van der Waals surface area contributed by atoms with Crippen LogP contribution >= 0.6 is 11.6 Å². The maximum Gasteiger partial charge on any atom is 0.249 e. The largest absolute Gasteiger partial charge is 0.482 e. The summed E-state index contributed by atoms with van der Waals surface area (Å²) in [5.74, 6) is 0.709. The molecule has 2 rings (SSSR count). The molecule has 1 saturated heterocycles. The van der Waals surface area contributed by atoms with Crippen molar-refractivity contribution in [2.75, 3.05) is 18.6 Å². The Balaban J connectivity index is 2.17. The van der Waals surface area contributed by atoms with Crippen molar-refractivity contribution in [2.45, 2.75) is 46.6 Å². The molecule has 0 bridgehead atoms. The lowest BCUT2D eigenvalue weighted by Gasteiger charge is -2.26. The molecule has 142 valence electrons. The van der Waals surface area contributed by atoms with E-state index in [4.69, 9.17) is 21.7 Å². The third-order valence-corrected chi connectivity index (χ3v) is 4.61. The van der Waals surface area contributed by atoms with E-state index >= 15 is 0 Å². The molecule has 2 heterocycles. The van der Waals surface area contributed by atoms with E-state index in [1.807, 2.05) is 38.7 Å². The minimum atomic E-state index is -0.370. The van der Waals surface area contributed by atoms with E-state index in [2.05, 4.69) is 10.3 Å². The number of ether oxygens (including phenoxy) is 1. The summed E-state index contributed by atoms with van der Waals surface area (Å²) >= 11 is 6.33. The Morgan fingerprint density at radius 3 is 2.77 bits per heavy atom. The van der Waals surface area contributed by atoms with Crippen LogP contribution in [0.1, 0.15) is 39.2 Å². The van der Waals surface area contributed by atoms with Gasteiger partial charge in [-0.3, -0.25) is 10.1 Å². The van der Waals surface area contributed by atoms with Crippen molar-refractivity contribution in [1.29, 1.82) is 5.41 Å². The molecule has 0 aliphatic carbocycles. The van der Waals surface area contributed by atoms with Gasteiger partial charge in [0.15, 0.2) is 5.88 Å². The molecule has 1 atom stereocenters. The van der Waals surface area contributed by atoms with Gasteiger partial charge in [-0.15, -0.1) is 0 Å². The fourth-order valence-corrected chi connectivity index (χ4v) is 3.06. The first-order valence-electron chi connectivity index (χ1n) is 8.68. The molecule has 2 N–H and O–H groups in total. The highest BCUT2D eigenvalue weighted by molar-refractivity contribution is 6.33. The van der Waals surface area contributed by atoms with Crippen molar-refractivity contribution < 1.29 is 9.53 Å². The van der Waals surface area contributed by atoms with Crippen molar-refractivity contribution >= 4 is 29.0 Å². The maximum absolute atomic E-state index is 12.8. The van der Waals surface area contributed by atoms with Gasteiger partial charge in [0.1, 0.15) is 11.9 Å². The topological polar surface area (TPSA) is 78.3 Å². The molecule has 1 amide bonds. The number of pyridine rings is 1. The summed E-state index contributed by atoms with van der Waals surface area (Å²) in [5, 5.41) is 11.4. The fraction of sp³-hybridized carbons (Fsp3) is 0.526. The Bertz CT molecular complexity index is 725. The third kappa shape index (κ3) is 4.75. The number of allylic oxidation sites excluding steroid dienone is 1. The van der Waals surface area contributed by atoms with Crippen molar-refractivity contribution in [3.05, 3.63) is 34.8 Å². The summed E-state index contributed by atoms with van der Waals surface area (Å²) in [7, 11) is 1.48. The van der Waals surface area contributed by atoms with E-state index in [0.717, 1.165) is 18.5 Å². The second kappa shape index (κ2) is 8.08. The predicted molar refractivity (Wildman–Crippen MR) is 105 cm³/mol. The molecular weight excluding hydrogens is 352 g/mol. The zero-order valence-electron chi connectivity index (χ0n) is 16.0. The van der Waals surface area contributed by atoms with Gasteiger partial charge in [0.2, 0.25) is 5.91 Å². The SMILES string of the molecule is CO/C(=C\C(=N)C(C)(C)C)NC(=O)[C@@H]1CCCN1c1ncc(C)cc1Cl. The number of hydrogen-bond donors (Lipinski definition) is 2. The number of nitrogens with one attached hydrogen (secondary N) is 2. The molecule has 1 aliphatic rings. The number of halogens is 1. The first-order valence-corrected chi connectivity index (χ1v) is 9.05. The number of hydrogen-bond acceptors (Lipinski definition) is 5. The van der Waals surface area contributed by atoms with E-state index < -0.39 is 0 Å². The van der Waals surface area contributed by atoms with Crippen LogP contribution in [0.15, 0.2) is 24.2 Å². The molecular formula is C19H27ClN4O2. The Morgan fingerprint density at radius 2 is 2.19 bits per heavy atom. The summed E-state index contributed by atoms with van der Waals surface area (Å²) in [5.41, 5.74) is 1.03. The highest BCUT2D eigenvalue weighted by Gasteiger charge is 2.33. The second-order valence-corrected chi connectivity index (χ2v) is 7.94. The van der Waals surface area contributed by atoms with E-state index in [9.17, 15) is 4.79 Å². The number of carbonyl (C=O) groups excluding carboxylic acids is 1. The van der Waals surface area contributed by atoms with Crippen LogP contribution in [0.2, 0.25) is 5.02 Å². The normalized spacial score (nSPS) is 18.0. The number of nitrogens with zero attached hydrogens (tertiary/aromatic N) is 2. The summed E-state index contributed by atoms with van der Waals surface area (Å²) in [6.45, 7) is 8.45. The van der Waals surface area contributed by atoms with Gasteiger partial charge >= 0.3 is 0 Å². The maximum atomic E-state index is 12.8. The van der Waals surface area contributed by atoms with E-state index in [1.165, 1.54) is 7.11 Å². The number of carbonyl (C=O) groups is 1. The van der Waals surface area contributed by atoms with Gasteiger partial charge in [0, 0.05) is 29.9 Å². The highest BCUT2D eigenvalue weighted by atomic mass is 35.5. The number of amides is 1. The van der Waals surface area contributed by atoms with Crippen molar-refractivity contribution in [1.82, 2.24) is 10.3 Å². The Hall–Kier alpha value is -2.08. The van der Waals surface area contributed by atoms with Crippen LogP contribution < -0.4 is 10.2 Å². The lowest BCUT2D eigenvalue weighted by Crippen LogP contribution is -2.44. The van der Waals surface area contributed by atoms with Crippen LogP contribution in [0.25, 0.3) is 0 Å². The average Bonchev–Trinajstić information content (AvgIpc) is 3.02. The highest BCUT2D eigenvalue weighted by Crippen LogP contribution is 2.30. The van der Waals surface area contributed by atoms with Gasteiger partial charge in [0.25, 0.3) is 0 Å². The van der Waals surface area contributed by atoms with Crippen molar-refractivity contribution in [2.24, 2.45) is 5.41 Å². The van der Waals surface area contributed by atoms with Crippen LogP contribution in [0.4, 0.5) is 5.82 Å². The Labute approximate surface area is 160 Å². The summed E-state index contributed by atoms with van der Waals surface area (Å²) < 4.78 is 5.25. The van der Waals surface area contributed by atoms with Crippen LogP contribution in [0.3, 0.4) is 0 Å². The number of rotatable bonds is 5. The zero-order valence-corrected chi connectivity index (χ0v) is 16.8. The molecule has 0 unspecified atom stereocenters. The van der Waals surface area contributed by atoms with Gasteiger partial charge in [-0.25, -0.2) is 4.98 Å². The van der Waals surface area contributed by atoms with E-state index in [-0.39, 0.29) is 23.2 Å². The molecule has 7 heteroatoms. The van der Waals surface area contributed by atoms with Crippen LogP contribution in [-0.2, 0) is 9.53 Å². The standard InChI is InChI=1S/C19H27ClN4O2/c1-12-9-13(20)17(22-11-12)24-8-6-7-14(24)18(25)23-16(26-5)10-15(21)19(2,3)4/h9-11,14,21H,6-8H2,1-5H3,(H,23,25)/b16-10-,21-15?/t14-/m0/s1. The number of aromatic nitrogens is 1. The lowest BCUT2D eigenvalue weighted by atomic mass is 9.90.